The molecule has 0 spiro atoms. The van der Waals surface area contributed by atoms with Crippen LogP contribution in [0, 0.1) is 7.05 Å². The lowest BCUT2D eigenvalue weighted by atomic mass is 10.1. The van der Waals surface area contributed by atoms with Gasteiger partial charge in [-0.1, -0.05) is 0 Å². The van der Waals surface area contributed by atoms with Crippen molar-refractivity contribution in [1.82, 2.24) is 10.2 Å². The largest absolute Gasteiger partial charge is 0.471 e. The molecule has 0 saturated carbocycles. The van der Waals surface area contributed by atoms with Crippen molar-refractivity contribution in [1.29, 1.82) is 0 Å². The number of nitrogens with one attached hydrogen (secondary N) is 1. The molecule has 1 heterocycles. The van der Waals surface area contributed by atoms with Gasteiger partial charge in [0.15, 0.2) is 0 Å². The summed E-state index contributed by atoms with van der Waals surface area (Å²) in [6, 6.07) is -0.373. The van der Waals surface area contributed by atoms with Crippen LogP contribution in [0.25, 0.3) is 0 Å². The van der Waals surface area contributed by atoms with Gasteiger partial charge in [0.2, 0.25) is 0 Å². The van der Waals surface area contributed by atoms with Crippen LogP contribution in [0.4, 0.5) is 13.2 Å². The lowest BCUT2D eigenvalue weighted by Gasteiger charge is -2.34. The molecule has 82 valence electrons. The second kappa shape index (κ2) is 4.16. The Morgan fingerprint density at radius 2 is 1.86 bits per heavy atom. The number of likely N-dealkylation sites (tertiary alicyclic amines) is 1. The van der Waals surface area contributed by atoms with E-state index in [4.69, 9.17) is 0 Å². The summed E-state index contributed by atoms with van der Waals surface area (Å²) in [5.41, 5.74) is 0. The van der Waals surface area contributed by atoms with Crippen LogP contribution in [0.3, 0.4) is 0 Å². The number of hydrogen-bond acceptors (Lipinski definition) is 2. The van der Waals surface area contributed by atoms with E-state index in [1.807, 2.05) is 5.32 Å². The minimum Gasteiger partial charge on any atom is -0.459 e. The zero-order chi connectivity index (χ0) is 10.8. The molecule has 0 aromatic carbocycles. The number of alkyl halides is 3. The first-order chi connectivity index (χ1) is 6.39. The second-order valence-corrected chi connectivity index (χ2v) is 3.36. The molecule has 0 aromatic rings. The quantitative estimate of drug-likeness (QED) is 0.651. The molecule has 0 bridgehead atoms. The fraction of sp³-hybridized carbons (Fsp3) is 0.750. The molecule has 14 heavy (non-hydrogen) atoms. The maximum atomic E-state index is 11.8. The van der Waals surface area contributed by atoms with Crippen molar-refractivity contribution in [2.24, 2.45) is 0 Å². The summed E-state index contributed by atoms with van der Waals surface area (Å²) in [6.45, 7) is 1.23. The average molecular weight is 209 g/mol. The highest BCUT2D eigenvalue weighted by Crippen LogP contribution is 2.16. The molecule has 1 N–H and O–H groups in total. The molecular weight excluding hydrogens is 197 g/mol. The first kappa shape index (κ1) is 11.3. The zero-order valence-corrected chi connectivity index (χ0v) is 7.60. The summed E-state index contributed by atoms with van der Waals surface area (Å²) in [5.74, 6) is -1.85. The van der Waals surface area contributed by atoms with Gasteiger partial charge in [-0.3, -0.25) is 11.8 Å². The van der Waals surface area contributed by atoms with Gasteiger partial charge in [0, 0.05) is 6.04 Å². The SMILES string of the molecule is [CH2-]N1CCC(NC(=O)C(F)(F)F)CC1. The summed E-state index contributed by atoms with van der Waals surface area (Å²) in [7, 11) is 3.66. The Bertz CT molecular complexity index is 209. The molecule has 0 atom stereocenters. The van der Waals surface area contributed by atoms with Crippen molar-refractivity contribution in [2.75, 3.05) is 13.1 Å². The van der Waals surface area contributed by atoms with Crippen molar-refractivity contribution >= 4 is 5.91 Å². The highest BCUT2D eigenvalue weighted by molar-refractivity contribution is 5.81. The Hall–Kier alpha value is -0.780. The van der Waals surface area contributed by atoms with Gasteiger partial charge in [-0.25, -0.2) is 0 Å². The Morgan fingerprint density at radius 3 is 2.29 bits per heavy atom. The van der Waals surface area contributed by atoms with E-state index in [1.54, 1.807) is 4.90 Å². The number of rotatable bonds is 1. The van der Waals surface area contributed by atoms with Crippen LogP contribution in [-0.4, -0.2) is 36.1 Å². The highest BCUT2D eigenvalue weighted by Gasteiger charge is 2.39. The van der Waals surface area contributed by atoms with Crippen LogP contribution < -0.4 is 5.32 Å². The third-order valence-electron chi connectivity index (χ3n) is 2.18. The van der Waals surface area contributed by atoms with Gasteiger partial charge in [-0.15, -0.1) is 0 Å². The number of carbonyl (C=O) groups excluding carboxylic acids is 1. The lowest BCUT2D eigenvalue weighted by Crippen LogP contribution is -2.47. The summed E-state index contributed by atoms with van der Waals surface area (Å²) >= 11 is 0. The van der Waals surface area contributed by atoms with E-state index in [-0.39, 0.29) is 6.04 Å². The van der Waals surface area contributed by atoms with E-state index >= 15 is 0 Å². The highest BCUT2D eigenvalue weighted by atomic mass is 19.4. The molecule has 1 amide bonds. The molecule has 1 aliphatic heterocycles. The van der Waals surface area contributed by atoms with Crippen molar-refractivity contribution in [3.8, 4) is 0 Å². The molecule has 1 fully saturated rings. The molecule has 0 aromatic heterocycles. The van der Waals surface area contributed by atoms with Gasteiger partial charge in [-0.2, -0.15) is 13.2 Å². The first-order valence-electron chi connectivity index (χ1n) is 4.32. The number of amides is 1. The molecule has 0 unspecified atom stereocenters. The van der Waals surface area contributed by atoms with Crippen molar-refractivity contribution in [3.05, 3.63) is 7.05 Å². The third kappa shape index (κ3) is 3.17. The summed E-state index contributed by atoms with van der Waals surface area (Å²) in [5, 5.41) is 1.96. The van der Waals surface area contributed by atoms with Gasteiger partial charge >= 0.3 is 12.1 Å². The Labute approximate surface area is 80.3 Å². The lowest BCUT2D eigenvalue weighted by molar-refractivity contribution is -0.174. The van der Waals surface area contributed by atoms with Crippen LogP contribution >= 0.6 is 0 Å². The zero-order valence-electron chi connectivity index (χ0n) is 7.60. The van der Waals surface area contributed by atoms with E-state index in [0.717, 1.165) is 0 Å². The van der Waals surface area contributed by atoms with Crippen LogP contribution in [0.15, 0.2) is 0 Å². The molecule has 1 rings (SSSR count). The van der Waals surface area contributed by atoms with Crippen molar-refractivity contribution in [3.63, 3.8) is 0 Å². The average Bonchev–Trinajstić information content (AvgIpc) is 2.07. The molecule has 0 radical (unpaired) electrons. The van der Waals surface area contributed by atoms with E-state index in [9.17, 15) is 18.0 Å². The van der Waals surface area contributed by atoms with E-state index in [2.05, 4.69) is 7.05 Å². The molecule has 0 aliphatic carbocycles. The normalized spacial score (nSPS) is 20.9. The number of hydrogen-bond donors (Lipinski definition) is 1. The standard InChI is InChI=1S/C8H12F3N2O/c1-13-4-2-6(3-5-13)12-7(14)8(9,10)11/h6H,1-5H2,(H,12,14)/q-1. The molecular formula is C8H12F3N2O-. The smallest absolute Gasteiger partial charge is 0.459 e. The van der Waals surface area contributed by atoms with Gasteiger partial charge < -0.3 is 10.2 Å². The fourth-order valence-electron chi connectivity index (χ4n) is 1.34. The fourth-order valence-corrected chi connectivity index (χ4v) is 1.34. The second-order valence-electron chi connectivity index (χ2n) is 3.36. The van der Waals surface area contributed by atoms with E-state index in [1.165, 1.54) is 0 Å². The van der Waals surface area contributed by atoms with Crippen LogP contribution in [0.2, 0.25) is 0 Å². The van der Waals surface area contributed by atoms with Gasteiger partial charge in [0.25, 0.3) is 0 Å². The Kier molecular flexibility index (Phi) is 3.36. The van der Waals surface area contributed by atoms with Crippen LogP contribution in [0.1, 0.15) is 12.8 Å². The van der Waals surface area contributed by atoms with Crippen molar-refractivity contribution < 1.29 is 18.0 Å². The van der Waals surface area contributed by atoms with Gasteiger partial charge in [0.05, 0.1) is 0 Å². The molecule has 1 aliphatic rings. The number of carbonyl (C=O) groups is 1. The monoisotopic (exact) mass is 209 g/mol. The maximum absolute atomic E-state index is 11.8. The number of halogens is 3. The Morgan fingerprint density at radius 1 is 1.36 bits per heavy atom. The summed E-state index contributed by atoms with van der Waals surface area (Å²) in [6.07, 6.45) is -3.74. The number of piperidine rings is 1. The minimum atomic E-state index is -4.78. The predicted octanol–water partition coefficient (Wildman–Crippen LogP) is 0.921. The Balaban J connectivity index is 2.35. The first-order valence-corrected chi connectivity index (χ1v) is 4.32. The number of nitrogens with zero attached hydrogens (tertiary/aromatic N) is 1. The molecule has 1 saturated heterocycles. The topological polar surface area (TPSA) is 32.3 Å². The molecule has 3 nitrogen and oxygen atoms in total. The van der Waals surface area contributed by atoms with Crippen molar-refractivity contribution in [2.45, 2.75) is 25.1 Å². The van der Waals surface area contributed by atoms with Crippen LogP contribution in [-0.2, 0) is 4.79 Å². The summed E-state index contributed by atoms with van der Waals surface area (Å²) < 4.78 is 35.5. The van der Waals surface area contributed by atoms with Gasteiger partial charge in [0.1, 0.15) is 0 Å². The van der Waals surface area contributed by atoms with E-state index < -0.39 is 12.1 Å². The van der Waals surface area contributed by atoms with Crippen LogP contribution in [0.5, 0.6) is 0 Å². The minimum absolute atomic E-state index is 0.373. The maximum Gasteiger partial charge on any atom is 0.471 e. The predicted molar refractivity (Wildman–Crippen MR) is 44.1 cm³/mol. The third-order valence-corrected chi connectivity index (χ3v) is 2.18. The van der Waals surface area contributed by atoms with E-state index in [0.29, 0.717) is 25.9 Å². The summed E-state index contributed by atoms with van der Waals surface area (Å²) in [4.78, 5) is 12.3. The molecule has 6 heteroatoms. The van der Waals surface area contributed by atoms with Gasteiger partial charge in [-0.05, 0) is 25.9 Å².